The van der Waals surface area contributed by atoms with Crippen molar-refractivity contribution in [1.29, 1.82) is 0 Å². The molecule has 3 fully saturated rings. The van der Waals surface area contributed by atoms with Crippen LogP contribution in [0, 0.1) is 18.8 Å². The number of aryl methyl sites for hydroxylation is 1. The highest BCUT2D eigenvalue weighted by Gasteiger charge is 2.49. The molecule has 3 saturated heterocycles. The van der Waals surface area contributed by atoms with Crippen molar-refractivity contribution in [2.75, 3.05) is 24.5 Å². The zero-order valence-corrected chi connectivity index (χ0v) is 16.9. The molecule has 0 unspecified atom stereocenters. The summed E-state index contributed by atoms with van der Waals surface area (Å²) in [4.78, 5) is 38.4. The van der Waals surface area contributed by atoms with Crippen molar-refractivity contribution in [3.8, 4) is 0 Å². The highest BCUT2D eigenvalue weighted by Crippen LogP contribution is 2.42. The lowest BCUT2D eigenvalue weighted by Crippen LogP contribution is -2.67. The van der Waals surface area contributed by atoms with Gasteiger partial charge in [-0.05, 0) is 44.4 Å². The van der Waals surface area contributed by atoms with E-state index in [1.165, 1.54) is 0 Å². The summed E-state index contributed by atoms with van der Waals surface area (Å²) in [5.74, 6) is 2.10. The fourth-order valence-corrected chi connectivity index (χ4v) is 5.36. The van der Waals surface area contributed by atoms with Crippen LogP contribution in [0.4, 0.5) is 5.82 Å². The Balaban J connectivity index is 1.57. The standard InChI is InChI=1S/C21H31N5O2/c1-3-5-20(27)23-10-18-16-8-15(17-6-4-7-21(28)26(17)18)12-25(13-16)19-11-22-9-14(2)24-19/h9,11,15-18H,3-8,10,12-13H2,1-2H3,(H,23,27)/t15-,16+,17+,18+/m1/s1. The Hall–Kier alpha value is -2.18. The number of amides is 2. The maximum Gasteiger partial charge on any atom is 0.223 e. The zero-order chi connectivity index (χ0) is 19.7. The lowest BCUT2D eigenvalue weighted by atomic mass is 9.72. The van der Waals surface area contributed by atoms with Crippen LogP contribution in [0.25, 0.3) is 0 Å². The van der Waals surface area contributed by atoms with E-state index in [4.69, 9.17) is 0 Å². The number of anilines is 1. The summed E-state index contributed by atoms with van der Waals surface area (Å²) in [6.07, 6.45) is 8.81. The van der Waals surface area contributed by atoms with Crippen LogP contribution in [0.5, 0.6) is 0 Å². The molecule has 7 nitrogen and oxygen atoms in total. The highest BCUT2D eigenvalue weighted by atomic mass is 16.2. The van der Waals surface area contributed by atoms with E-state index in [2.05, 4.69) is 25.1 Å². The van der Waals surface area contributed by atoms with Crippen molar-refractivity contribution in [2.45, 2.75) is 64.5 Å². The van der Waals surface area contributed by atoms with E-state index in [-0.39, 0.29) is 23.9 Å². The molecular weight excluding hydrogens is 354 g/mol. The van der Waals surface area contributed by atoms with E-state index in [1.54, 1.807) is 6.20 Å². The number of piperidine rings is 3. The largest absolute Gasteiger partial charge is 0.355 e. The van der Waals surface area contributed by atoms with Gasteiger partial charge in [-0.3, -0.25) is 14.6 Å². The van der Waals surface area contributed by atoms with Crippen molar-refractivity contribution in [2.24, 2.45) is 11.8 Å². The first kappa shape index (κ1) is 19.2. The number of carbonyl (C=O) groups excluding carboxylic acids is 2. The van der Waals surface area contributed by atoms with Crippen molar-refractivity contribution in [1.82, 2.24) is 20.2 Å². The maximum atomic E-state index is 12.8. The third kappa shape index (κ3) is 3.71. The molecule has 4 heterocycles. The minimum absolute atomic E-state index is 0.0791. The van der Waals surface area contributed by atoms with E-state index in [9.17, 15) is 9.59 Å². The molecule has 28 heavy (non-hydrogen) atoms. The Morgan fingerprint density at radius 3 is 2.89 bits per heavy atom. The van der Waals surface area contributed by atoms with E-state index in [0.29, 0.717) is 31.2 Å². The lowest BCUT2D eigenvalue weighted by Gasteiger charge is -2.56. The average Bonchev–Trinajstić information content (AvgIpc) is 2.68. The quantitative estimate of drug-likeness (QED) is 0.838. The minimum atomic E-state index is 0.0791. The fourth-order valence-electron chi connectivity index (χ4n) is 5.36. The Morgan fingerprint density at radius 2 is 2.11 bits per heavy atom. The second-order valence-corrected chi connectivity index (χ2v) is 8.56. The van der Waals surface area contributed by atoms with Crippen LogP contribution in [-0.4, -0.2) is 58.4 Å². The third-order valence-electron chi connectivity index (χ3n) is 6.55. The first-order valence-corrected chi connectivity index (χ1v) is 10.7. The maximum absolute atomic E-state index is 12.8. The highest BCUT2D eigenvalue weighted by molar-refractivity contribution is 5.79. The zero-order valence-electron chi connectivity index (χ0n) is 16.9. The molecule has 4 atom stereocenters. The predicted octanol–water partition coefficient (Wildman–Crippen LogP) is 1.91. The van der Waals surface area contributed by atoms with Crippen molar-refractivity contribution in [3.05, 3.63) is 18.1 Å². The van der Waals surface area contributed by atoms with E-state index in [0.717, 1.165) is 50.3 Å². The monoisotopic (exact) mass is 385 g/mol. The topological polar surface area (TPSA) is 78.4 Å². The normalized spacial score (nSPS) is 29.4. The summed E-state index contributed by atoms with van der Waals surface area (Å²) in [6, 6.07) is 0.363. The number of rotatable bonds is 5. The van der Waals surface area contributed by atoms with E-state index >= 15 is 0 Å². The van der Waals surface area contributed by atoms with Crippen LogP contribution >= 0.6 is 0 Å². The Morgan fingerprint density at radius 1 is 1.29 bits per heavy atom. The molecule has 1 aromatic rings. The molecule has 0 aliphatic carbocycles. The Bertz CT molecular complexity index is 739. The van der Waals surface area contributed by atoms with Gasteiger partial charge in [-0.15, -0.1) is 0 Å². The number of aromatic nitrogens is 2. The number of hydrogen-bond donors (Lipinski definition) is 1. The second-order valence-electron chi connectivity index (χ2n) is 8.56. The van der Waals surface area contributed by atoms with E-state index < -0.39 is 0 Å². The second kappa shape index (κ2) is 8.05. The summed E-state index contributed by atoms with van der Waals surface area (Å²) < 4.78 is 0. The van der Waals surface area contributed by atoms with Gasteiger partial charge in [0.15, 0.2) is 0 Å². The predicted molar refractivity (Wildman–Crippen MR) is 107 cm³/mol. The van der Waals surface area contributed by atoms with Gasteiger partial charge in [0, 0.05) is 44.7 Å². The van der Waals surface area contributed by atoms with Gasteiger partial charge in [-0.1, -0.05) is 6.92 Å². The number of nitrogens with one attached hydrogen (secondary N) is 1. The summed E-state index contributed by atoms with van der Waals surface area (Å²) in [6.45, 7) is 6.33. The van der Waals surface area contributed by atoms with Gasteiger partial charge in [0.1, 0.15) is 5.82 Å². The summed E-state index contributed by atoms with van der Waals surface area (Å²) in [5, 5.41) is 3.09. The Labute approximate surface area is 166 Å². The van der Waals surface area contributed by atoms with Crippen LogP contribution in [0.15, 0.2) is 12.4 Å². The summed E-state index contributed by atoms with van der Waals surface area (Å²) in [7, 11) is 0. The molecule has 3 aliphatic heterocycles. The number of carbonyl (C=O) groups is 2. The number of fused-ring (bicyclic) bond motifs is 4. The molecule has 1 aromatic heterocycles. The number of nitrogens with zero attached hydrogens (tertiary/aromatic N) is 4. The van der Waals surface area contributed by atoms with Gasteiger partial charge in [-0.25, -0.2) is 4.98 Å². The van der Waals surface area contributed by atoms with Crippen LogP contribution in [0.1, 0.15) is 51.1 Å². The van der Waals surface area contributed by atoms with Gasteiger partial charge in [0.05, 0.1) is 17.9 Å². The molecule has 0 aromatic carbocycles. The van der Waals surface area contributed by atoms with E-state index in [1.807, 2.05) is 20.0 Å². The Kier molecular flexibility index (Phi) is 5.51. The van der Waals surface area contributed by atoms with Crippen LogP contribution in [-0.2, 0) is 9.59 Å². The molecule has 2 bridgehead atoms. The fraction of sp³-hybridized carbons (Fsp3) is 0.714. The molecule has 152 valence electrons. The molecule has 0 radical (unpaired) electrons. The van der Waals surface area contributed by atoms with Crippen LogP contribution in [0.2, 0.25) is 0 Å². The summed E-state index contributed by atoms with van der Waals surface area (Å²) in [5.41, 5.74) is 0.922. The van der Waals surface area contributed by atoms with Crippen LogP contribution in [0.3, 0.4) is 0 Å². The molecule has 0 saturated carbocycles. The SMILES string of the molecule is CCCC(=O)NC[C@H]1[C@H]2C[C@H](CN(c3cncc(C)n3)C2)[C@@H]2CCCC(=O)N21. The van der Waals surface area contributed by atoms with Crippen molar-refractivity contribution < 1.29 is 9.59 Å². The molecule has 7 heteroatoms. The minimum Gasteiger partial charge on any atom is -0.355 e. The first-order valence-electron chi connectivity index (χ1n) is 10.7. The lowest BCUT2D eigenvalue weighted by molar-refractivity contribution is -0.149. The van der Waals surface area contributed by atoms with Crippen LogP contribution < -0.4 is 10.2 Å². The third-order valence-corrected chi connectivity index (χ3v) is 6.55. The number of hydrogen-bond acceptors (Lipinski definition) is 5. The average molecular weight is 386 g/mol. The molecule has 2 amide bonds. The molecule has 4 rings (SSSR count). The first-order chi connectivity index (χ1) is 13.6. The van der Waals surface area contributed by atoms with Gasteiger partial charge in [-0.2, -0.15) is 0 Å². The van der Waals surface area contributed by atoms with Gasteiger partial charge < -0.3 is 15.1 Å². The van der Waals surface area contributed by atoms with Gasteiger partial charge in [0.25, 0.3) is 0 Å². The molecule has 3 aliphatic rings. The van der Waals surface area contributed by atoms with Crippen molar-refractivity contribution >= 4 is 17.6 Å². The smallest absolute Gasteiger partial charge is 0.223 e. The molecular formula is C21H31N5O2. The van der Waals surface area contributed by atoms with Gasteiger partial charge in [0.2, 0.25) is 11.8 Å². The molecule has 0 spiro atoms. The molecule has 1 N–H and O–H groups in total. The van der Waals surface area contributed by atoms with Crippen molar-refractivity contribution in [3.63, 3.8) is 0 Å². The van der Waals surface area contributed by atoms with Gasteiger partial charge >= 0.3 is 0 Å². The summed E-state index contributed by atoms with van der Waals surface area (Å²) >= 11 is 0.